The summed E-state index contributed by atoms with van der Waals surface area (Å²) in [5.41, 5.74) is 1.09. The summed E-state index contributed by atoms with van der Waals surface area (Å²) in [5, 5.41) is 15.2. The lowest BCUT2D eigenvalue weighted by molar-refractivity contribution is 0.0721. The van der Waals surface area contributed by atoms with Gasteiger partial charge in [-0.05, 0) is 45.1 Å². The lowest BCUT2D eigenvalue weighted by Gasteiger charge is -2.25. The number of carbonyl (C=O) groups is 1. The smallest absolute Gasteiger partial charge is 0.277 e. The Labute approximate surface area is 117 Å². The molecule has 1 aromatic rings. The Balaban J connectivity index is 2.27. The Morgan fingerprint density at radius 1 is 1.50 bits per heavy atom. The zero-order valence-corrected chi connectivity index (χ0v) is 12.0. The molecule has 1 unspecified atom stereocenters. The molecule has 1 atom stereocenters. The standard InChI is InChI=1S/C14H21N3O3/c1-9-10(2)15-16-13(19)12(9)14(20)17-7-3-5-11(17)6-4-8-18/h11,18H,3-8H2,1-2H3,(H,16,19). The number of aromatic amines is 1. The molecule has 20 heavy (non-hydrogen) atoms. The van der Waals surface area contributed by atoms with Crippen molar-refractivity contribution in [2.45, 2.75) is 45.6 Å². The molecule has 1 fully saturated rings. The first-order chi connectivity index (χ1) is 9.56. The summed E-state index contributed by atoms with van der Waals surface area (Å²) < 4.78 is 0. The van der Waals surface area contributed by atoms with Gasteiger partial charge in [0, 0.05) is 19.2 Å². The van der Waals surface area contributed by atoms with Crippen molar-refractivity contribution in [3.63, 3.8) is 0 Å². The maximum absolute atomic E-state index is 12.6. The number of aryl methyl sites for hydroxylation is 1. The predicted molar refractivity (Wildman–Crippen MR) is 74.7 cm³/mol. The van der Waals surface area contributed by atoms with Crippen LogP contribution in [-0.2, 0) is 0 Å². The summed E-state index contributed by atoms with van der Waals surface area (Å²) in [6.45, 7) is 4.33. The van der Waals surface area contributed by atoms with Gasteiger partial charge in [0.05, 0.1) is 5.69 Å². The number of aliphatic hydroxyl groups excluding tert-OH is 1. The minimum atomic E-state index is -0.425. The van der Waals surface area contributed by atoms with Crippen LogP contribution in [0.4, 0.5) is 0 Å². The van der Waals surface area contributed by atoms with Crippen molar-refractivity contribution in [3.05, 3.63) is 27.2 Å². The van der Waals surface area contributed by atoms with E-state index in [4.69, 9.17) is 5.11 Å². The molecule has 0 radical (unpaired) electrons. The molecule has 1 saturated heterocycles. The van der Waals surface area contributed by atoms with E-state index in [2.05, 4.69) is 10.2 Å². The molecule has 6 heteroatoms. The molecule has 0 aliphatic carbocycles. The van der Waals surface area contributed by atoms with Crippen molar-refractivity contribution in [3.8, 4) is 0 Å². The minimum Gasteiger partial charge on any atom is -0.396 e. The third kappa shape index (κ3) is 2.75. The predicted octanol–water partition coefficient (Wildman–Crippen LogP) is 0.764. The normalized spacial score (nSPS) is 18.6. The molecule has 2 N–H and O–H groups in total. The molecule has 110 valence electrons. The summed E-state index contributed by atoms with van der Waals surface area (Å²) in [6, 6.07) is 0.127. The van der Waals surface area contributed by atoms with E-state index in [1.807, 2.05) is 0 Å². The Kier molecular flexibility index (Phi) is 4.54. The highest BCUT2D eigenvalue weighted by Gasteiger charge is 2.31. The first kappa shape index (κ1) is 14.7. The van der Waals surface area contributed by atoms with Crippen molar-refractivity contribution < 1.29 is 9.90 Å². The van der Waals surface area contributed by atoms with Crippen molar-refractivity contribution in [2.75, 3.05) is 13.2 Å². The number of nitrogens with one attached hydrogen (secondary N) is 1. The second-order valence-electron chi connectivity index (χ2n) is 5.30. The number of aromatic nitrogens is 2. The van der Waals surface area contributed by atoms with Gasteiger partial charge in [0.1, 0.15) is 5.56 Å². The Hall–Kier alpha value is -1.69. The number of likely N-dealkylation sites (tertiary alicyclic amines) is 1. The van der Waals surface area contributed by atoms with Crippen LogP contribution in [0.2, 0.25) is 0 Å². The maximum Gasteiger partial charge on any atom is 0.277 e. The zero-order chi connectivity index (χ0) is 14.7. The molecule has 1 aromatic heterocycles. The van der Waals surface area contributed by atoms with Crippen LogP contribution in [0.3, 0.4) is 0 Å². The molecule has 0 aromatic carbocycles. The fourth-order valence-electron chi connectivity index (χ4n) is 2.76. The van der Waals surface area contributed by atoms with Gasteiger partial charge in [0.2, 0.25) is 0 Å². The molecule has 1 aliphatic heterocycles. The van der Waals surface area contributed by atoms with Crippen molar-refractivity contribution in [2.24, 2.45) is 0 Å². The molecular weight excluding hydrogens is 258 g/mol. The average Bonchev–Trinajstić information content (AvgIpc) is 2.89. The fraction of sp³-hybridized carbons (Fsp3) is 0.643. The van der Waals surface area contributed by atoms with Crippen molar-refractivity contribution >= 4 is 5.91 Å². The van der Waals surface area contributed by atoms with E-state index in [0.29, 0.717) is 24.2 Å². The molecule has 2 heterocycles. The summed E-state index contributed by atoms with van der Waals surface area (Å²) in [7, 11) is 0. The lowest BCUT2D eigenvalue weighted by Crippen LogP contribution is -2.39. The van der Waals surface area contributed by atoms with Crippen LogP contribution in [0, 0.1) is 13.8 Å². The van der Waals surface area contributed by atoms with Crippen LogP contribution in [0.25, 0.3) is 0 Å². The van der Waals surface area contributed by atoms with Crippen LogP contribution >= 0.6 is 0 Å². The summed E-state index contributed by atoms with van der Waals surface area (Å²) in [6.07, 6.45) is 3.35. The van der Waals surface area contributed by atoms with Gasteiger partial charge >= 0.3 is 0 Å². The number of amides is 1. The summed E-state index contributed by atoms with van der Waals surface area (Å²) >= 11 is 0. The number of hydrogen-bond acceptors (Lipinski definition) is 4. The molecular formula is C14H21N3O3. The molecule has 2 rings (SSSR count). The Morgan fingerprint density at radius 3 is 2.95 bits per heavy atom. The minimum absolute atomic E-state index is 0.127. The second kappa shape index (κ2) is 6.17. The van der Waals surface area contributed by atoms with E-state index in [9.17, 15) is 9.59 Å². The highest BCUT2D eigenvalue weighted by atomic mass is 16.3. The molecule has 0 saturated carbocycles. The van der Waals surface area contributed by atoms with Crippen molar-refractivity contribution in [1.82, 2.24) is 15.1 Å². The molecule has 1 amide bonds. The van der Waals surface area contributed by atoms with Gasteiger partial charge in [-0.3, -0.25) is 9.59 Å². The average molecular weight is 279 g/mol. The molecule has 6 nitrogen and oxygen atoms in total. The van der Waals surface area contributed by atoms with Gasteiger partial charge in [0.15, 0.2) is 0 Å². The number of H-pyrrole nitrogens is 1. The number of hydrogen-bond donors (Lipinski definition) is 2. The third-order valence-electron chi connectivity index (χ3n) is 4.02. The van der Waals surface area contributed by atoms with E-state index < -0.39 is 5.56 Å². The maximum atomic E-state index is 12.6. The lowest BCUT2D eigenvalue weighted by atomic mass is 10.1. The van der Waals surface area contributed by atoms with E-state index in [1.165, 1.54) is 0 Å². The van der Waals surface area contributed by atoms with Crippen LogP contribution in [0.15, 0.2) is 4.79 Å². The zero-order valence-electron chi connectivity index (χ0n) is 12.0. The van der Waals surface area contributed by atoms with Gasteiger partial charge < -0.3 is 10.0 Å². The van der Waals surface area contributed by atoms with Crippen molar-refractivity contribution in [1.29, 1.82) is 0 Å². The molecule has 0 spiro atoms. The largest absolute Gasteiger partial charge is 0.396 e. The summed E-state index contributed by atoms with van der Waals surface area (Å²) in [5.74, 6) is -0.213. The monoisotopic (exact) mass is 279 g/mol. The van der Waals surface area contributed by atoms with Gasteiger partial charge in [-0.1, -0.05) is 0 Å². The van der Waals surface area contributed by atoms with Crippen LogP contribution < -0.4 is 5.56 Å². The van der Waals surface area contributed by atoms with Crippen LogP contribution in [0.5, 0.6) is 0 Å². The van der Waals surface area contributed by atoms with E-state index in [-0.39, 0.29) is 24.1 Å². The quantitative estimate of drug-likeness (QED) is 0.852. The number of aliphatic hydroxyl groups is 1. The fourth-order valence-corrected chi connectivity index (χ4v) is 2.76. The second-order valence-corrected chi connectivity index (χ2v) is 5.30. The van der Waals surface area contributed by atoms with Gasteiger partial charge in [0.25, 0.3) is 11.5 Å². The van der Waals surface area contributed by atoms with Crippen LogP contribution in [-0.4, -0.2) is 45.3 Å². The SMILES string of the molecule is Cc1n[nH]c(=O)c(C(=O)N2CCCC2CCCO)c1C. The highest BCUT2D eigenvalue weighted by Crippen LogP contribution is 2.23. The van der Waals surface area contributed by atoms with Gasteiger partial charge in [-0.25, -0.2) is 5.10 Å². The Bertz CT molecular complexity index is 553. The Morgan fingerprint density at radius 2 is 2.25 bits per heavy atom. The first-order valence-electron chi connectivity index (χ1n) is 7.04. The van der Waals surface area contributed by atoms with E-state index in [0.717, 1.165) is 19.3 Å². The highest BCUT2D eigenvalue weighted by molar-refractivity contribution is 5.95. The summed E-state index contributed by atoms with van der Waals surface area (Å²) in [4.78, 5) is 26.3. The first-order valence-corrected chi connectivity index (χ1v) is 7.04. The number of nitrogens with zero attached hydrogens (tertiary/aromatic N) is 2. The van der Waals surface area contributed by atoms with Gasteiger partial charge in [-0.15, -0.1) is 0 Å². The number of rotatable bonds is 4. The third-order valence-corrected chi connectivity index (χ3v) is 4.02. The van der Waals surface area contributed by atoms with E-state index in [1.54, 1.807) is 18.7 Å². The van der Waals surface area contributed by atoms with E-state index >= 15 is 0 Å². The topological polar surface area (TPSA) is 86.3 Å². The molecule has 0 bridgehead atoms. The van der Waals surface area contributed by atoms with Crippen LogP contribution in [0.1, 0.15) is 47.3 Å². The van der Waals surface area contributed by atoms with Gasteiger partial charge in [-0.2, -0.15) is 5.10 Å². The molecule has 1 aliphatic rings. The number of carbonyl (C=O) groups excluding carboxylic acids is 1.